The molecule has 1 aromatic heterocycles. The van der Waals surface area contributed by atoms with Crippen molar-refractivity contribution in [1.29, 1.82) is 0 Å². The molecule has 0 aliphatic carbocycles. The molecule has 3 aliphatic rings. The molecule has 148 valence electrons. The van der Waals surface area contributed by atoms with Crippen LogP contribution in [0.1, 0.15) is 32.6 Å². The number of carbonyl (C=O) groups excluding carboxylic acids is 1. The Morgan fingerprint density at radius 2 is 2.00 bits per heavy atom. The van der Waals surface area contributed by atoms with Crippen LogP contribution in [0.4, 0.5) is 5.13 Å². The molecule has 28 heavy (non-hydrogen) atoms. The molecule has 3 aliphatic heterocycles. The van der Waals surface area contributed by atoms with Crippen molar-refractivity contribution in [3.8, 4) is 10.6 Å². The molecule has 3 fully saturated rings. The van der Waals surface area contributed by atoms with E-state index in [-0.39, 0.29) is 11.5 Å². The molecule has 0 N–H and O–H groups in total. The second-order valence-electron chi connectivity index (χ2n) is 8.03. The summed E-state index contributed by atoms with van der Waals surface area (Å²) in [5.41, 5.74) is 0.808. The Labute approximate surface area is 169 Å². The summed E-state index contributed by atoms with van der Waals surface area (Å²) in [6.07, 6.45) is 4.02. The number of aromatic nitrogens is 2. The predicted octanol–water partition coefficient (Wildman–Crippen LogP) is 3.20. The van der Waals surface area contributed by atoms with E-state index < -0.39 is 0 Å². The Morgan fingerprint density at radius 1 is 1.21 bits per heavy atom. The zero-order valence-electron chi connectivity index (χ0n) is 16.2. The van der Waals surface area contributed by atoms with Gasteiger partial charge in [0.2, 0.25) is 11.0 Å². The normalized spacial score (nSPS) is 29.5. The van der Waals surface area contributed by atoms with Crippen molar-refractivity contribution < 1.29 is 9.53 Å². The van der Waals surface area contributed by atoms with E-state index >= 15 is 0 Å². The molecular formula is C21H26N4O2S. The third-order valence-electron chi connectivity index (χ3n) is 6.75. The standard InChI is InChI=1S/C21H26N4O2S/c1-2-21(19(26)24-10-12-27-13-11-24)14-16-8-9-17(21)25(16)20-23-22-18(28-20)15-6-4-3-5-7-15/h3-7,16-17H,2,8-14H2,1H3/t16-,17+,21+/m1/s1. The minimum Gasteiger partial charge on any atom is -0.378 e. The van der Waals surface area contributed by atoms with E-state index in [2.05, 4.69) is 34.2 Å². The highest BCUT2D eigenvalue weighted by molar-refractivity contribution is 7.18. The number of ether oxygens (including phenoxy) is 1. The van der Waals surface area contributed by atoms with Crippen LogP contribution in [-0.2, 0) is 9.53 Å². The van der Waals surface area contributed by atoms with Crippen LogP contribution < -0.4 is 4.90 Å². The summed E-state index contributed by atoms with van der Waals surface area (Å²) in [6.45, 7) is 4.91. The lowest BCUT2D eigenvalue weighted by atomic mass is 9.70. The van der Waals surface area contributed by atoms with Gasteiger partial charge in [0.25, 0.3) is 0 Å². The second-order valence-corrected chi connectivity index (χ2v) is 8.98. The largest absolute Gasteiger partial charge is 0.378 e. The number of anilines is 1. The first-order valence-electron chi connectivity index (χ1n) is 10.3. The zero-order chi connectivity index (χ0) is 19.1. The molecule has 0 unspecified atom stereocenters. The number of benzene rings is 1. The molecule has 1 amide bonds. The van der Waals surface area contributed by atoms with E-state index in [0.29, 0.717) is 25.2 Å². The summed E-state index contributed by atoms with van der Waals surface area (Å²) in [5.74, 6) is 0.322. The van der Waals surface area contributed by atoms with Gasteiger partial charge in [0.05, 0.1) is 18.6 Å². The molecule has 7 heteroatoms. The molecule has 3 saturated heterocycles. The summed E-state index contributed by atoms with van der Waals surface area (Å²) >= 11 is 1.65. The Kier molecular flexibility index (Phi) is 4.59. The van der Waals surface area contributed by atoms with Crippen LogP contribution in [0.25, 0.3) is 10.6 Å². The lowest BCUT2D eigenvalue weighted by Gasteiger charge is -2.40. The highest BCUT2D eigenvalue weighted by Crippen LogP contribution is 2.54. The van der Waals surface area contributed by atoms with Gasteiger partial charge in [-0.2, -0.15) is 0 Å². The van der Waals surface area contributed by atoms with Crippen molar-refractivity contribution in [2.24, 2.45) is 5.41 Å². The number of rotatable bonds is 4. The maximum absolute atomic E-state index is 13.6. The first-order chi connectivity index (χ1) is 13.7. The van der Waals surface area contributed by atoms with Crippen LogP contribution in [0.5, 0.6) is 0 Å². The number of hydrogen-bond acceptors (Lipinski definition) is 6. The van der Waals surface area contributed by atoms with Gasteiger partial charge < -0.3 is 14.5 Å². The van der Waals surface area contributed by atoms with Gasteiger partial charge in [0.15, 0.2) is 0 Å². The van der Waals surface area contributed by atoms with Gasteiger partial charge in [-0.05, 0) is 25.7 Å². The fourth-order valence-electron chi connectivity index (χ4n) is 5.33. The van der Waals surface area contributed by atoms with Crippen LogP contribution in [0, 0.1) is 5.41 Å². The van der Waals surface area contributed by atoms with Gasteiger partial charge in [0.1, 0.15) is 5.01 Å². The van der Waals surface area contributed by atoms with Gasteiger partial charge >= 0.3 is 0 Å². The van der Waals surface area contributed by atoms with Gasteiger partial charge in [-0.3, -0.25) is 4.79 Å². The maximum Gasteiger partial charge on any atom is 0.231 e. The number of fused-ring (bicyclic) bond motifs is 2. The van der Waals surface area contributed by atoms with Crippen molar-refractivity contribution >= 4 is 22.4 Å². The second kappa shape index (κ2) is 7.12. The van der Waals surface area contributed by atoms with Crippen LogP contribution >= 0.6 is 11.3 Å². The fourth-order valence-corrected chi connectivity index (χ4v) is 6.30. The first-order valence-corrected chi connectivity index (χ1v) is 11.1. The van der Waals surface area contributed by atoms with E-state index in [1.165, 1.54) is 0 Å². The molecule has 2 aromatic rings. The van der Waals surface area contributed by atoms with Crippen LogP contribution in [-0.4, -0.2) is 59.4 Å². The summed E-state index contributed by atoms with van der Waals surface area (Å²) in [5, 5.41) is 10.9. The number of nitrogens with zero attached hydrogens (tertiary/aromatic N) is 4. The van der Waals surface area contributed by atoms with Gasteiger partial charge in [0, 0.05) is 30.7 Å². The predicted molar refractivity (Wildman–Crippen MR) is 109 cm³/mol. The molecule has 0 spiro atoms. The molecule has 4 heterocycles. The third kappa shape index (κ3) is 2.75. The summed E-state index contributed by atoms with van der Waals surface area (Å²) in [6, 6.07) is 10.8. The Morgan fingerprint density at radius 3 is 2.75 bits per heavy atom. The van der Waals surface area contributed by atoms with Crippen LogP contribution in [0.3, 0.4) is 0 Å². The number of hydrogen-bond donors (Lipinski definition) is 0. The van der Waals surface area contributed by atoms with Crippen molar-refractivity contribution in [1.82, 2.24) is 15.1 Å². The summed E-state index contributed by atoms with van der Waals surface area (Å²) in [7, 11) is 0. The summed E-state index contributed by atoms with van der Waals surface area (Å²) in [4.78, 5) is 18.0. The van der Waals surface area contributed by atoms with Crippen molar-refractivity contribution in [2.45, 2.75) is 44.7 Å². The van der Waals surface area contributed by atoms with E-state index in [9.17, 15) is 4.79 Å². The maximum atomic E-state index is 13.6. The zero-order valence-corrected chi connectivity index (χ0v) is 17.0. The Bertz CT molecular complexity index is 851. The Balaban J connectivity index is 1.43. The quantitative estimate of drug-likeness (QED) is 0.792. The number of amides is 1. The third-order valence-corrected chi connectivity index (χ3v) is 7.74. The summed E-state index contributed by atoms with van der Waals surface area (Å²) < 4.78 is 5.46. The van der Waals surface area contributed by atoms with E-state index in [1.54, 1.807) is 11.3 Å². The van der Waals surface area contributed by atoms with Crippen molar-refractivity contribution in [2.75, 3.05) is 31.2 Å². The van der Waals surface area contributed by atoms with Gasteiger partial charge in [-0.15, -0.1) is 10.2 Å². The van der Waals surface area contributed by atoms with Crippen molar-refractivity contribution in [3.63, 3.8) is 0 Å². The highest BCUT2D eigenvalue weighted by atomic mass is 32.1. The van der Waals surface area contributed by atoms with Crippen LogP contribution in [0.15, 0.2) is 30.3 Å². The SMILES string of the molecule is CC[C@]1(C(=O)N2CCOCC2)C[C@H]2CC[C@@H]1N2c1nnc(-c2ccccc2)s1. The minimum absolute atomic E-state index is 0.231. The lowest BCUT2D eigenvalue weighted by molar-refractivity contribution is -0.147. The smallest absolute Gasteiger partial charge is 0.231 e. The lowest BCUT2D eigenvalue weighted by Crippen LogP contribution is -2.53. The van der Waals surface area contributed by atoms with Gasteiger partial charge in [-0.1, -0.05) is 48.6 Å². The molecular weight excluding hydrogens is 372 g/mol. The van der Waals surface area contributed by atoms with Gasteiger partial charge in [-0.25, -0.2) is 0 Å². The fraction of sp³-hybridized carbons (Fsp3) is 0.571. The molecule has 1 aromatic carbocycles. The number of carbonyl (C=O) groups is 1. The Hall–Kier alpha value is -1.99. The molecule has 0 radical (unpaired) electrons. The number of morpholine rings is 1. The topological polar surface area (TPSA) is 58.6 Å². The first kappa shape index (κ1) is 18.1. The molecule has 6 nitrogen and oxygen atoms in total. The average Bonchev–Trinajstić information content (AvgIpc) is 3.47. The monoisotopic (exact) mass is 398 g/mol. The average molecular weight is 399 g/mol. The minimum atomic E-state index is -0.293. The van der Waals surface area contributed by atoms with Crippen LogP contribution in [0.2, 0.25) is 0 Å². The molecule has 0 saturated carbocycles. The molecule has 2 bridgehead atoms. The molecule has 5 rings (SSSR count). The van der Waals surface area contributed by atoms with E-state index in [4.69, 9.17) is 4.74 Å². The van der Waals surface area contributed by atoms with Crippen molar-refractivity contribution in [3.05, 3.63) is 30.3 Å². The highest BCUT2D eigenvalue weighted by Gasteiger charge is 2.60. The van der Waals surface area contributed by atoms with E-state index in [0.717, 1.165) is 54.5 Å². The van der Waals surface area contributed by atoms with E-state index in [1.807, 2.05) is 23.1 Å². The molecule has 3 atom stereocenters.